The second-order valence-electron chi connectivity index (χ2n) is 7.08. The topological polar surface area (TPSA) is 55.8 Å². The van der Waals surface area contributed by atoms with E-state index in [0.717, 1.165) is 50.0 Å². The molecule has 1 aromatic rings. The van der Waals surface area contributed by atoms with Gasteiger partial charge in [0.1, 0.15) is 0 Å². The van der Waals surface area contributed by atoms with Gasteiger partial charge in [-0.1, -0.05) is 6.08 Å². The van der Waals surface area contributed by atoms with Gasteiger partial charge in [-0.2, -0.15) is 0 Å². The number of ether oxygens (including phenoxy) is 2. The molecule has 0 aromatic carbocycles. The number of nitrogens with zero attached hydrogens (tertiary/aromatic N) is 1. The van der Waals surface area contributed by atoms with Crippen LogP contribution in [0.1, 0.15) is 29.7 Å². The summed E-state index contributed by atoms with van der Waals surface area (Å²) in [6.07, 6.45) is 7.72. The van der Waals surface area contributed by atoms with E-state index in [-0.39, 0.29) is 0 Å². The molecule has 142 valence electrons. The number of hydrogen-bond acceptors (Lipinski definition) is 6. The van der Waals surface area contributed by atoms with Crippen molar-refractivity contribution in [3.05, 3.63) is 50.4 Å². The molecule has 1 unspecified atom stereocenters. The van der Waals surface area contributed by atoms with E-state index in [4.69, 9.17) is 9.47 Å². The Bertz CT molecular complexity index is 876. The van der Waals surface area contributed by atoms with Gasteiger partial charge < -0.3 is 14.4 Å². The Hall–Kier alpha value is -2.34. The van der Waals surface area contributed by atoms with Crippen LogP contribution >= 0.6 is 11.3 Å². The van der Waals surface area contributed by atoms with Gasteiger partial charge in [-0.15, -0.1) is 11.3 Å². The Morgan fingerprint density at radius 2 is 2.00 bits per heavy atom. The molecule has 27 heavy (non-hydrogen) atoms. The molecule has 0 N–H and O–H groups in total. The summed E-state index contributed by atoms with van der Waals surface area (Å²) in [4.78, 5) is 28.8. The first-order valence-electron chi connectivity index (χ1n) is 9.28. The summed E-state index contributed by atoms with van der Waals surface area (Å²) in [5.74, 6) is -0.631. The molecule has 1 saturated heterocycles. The molecule has 0 radical (unpaired) electrons. The lowest BCUT2D eigenvalue weighted by Gasteiger charge is -2.22. The zero-order valence-corrected chi connectivity index (χ0v) is 16.4. The summed E-state index contributed by atoms with van der Waals surface area (Å²) in [6, 6.07) is 2.18. The minimum Gasteiger partial charge on any atom is -0.465 e. The van der Waals surface area contributed by atoms with Crippen LogP contribution in [0, 0.1) is 5.92 Å². The lowest BCUT2D eigenvalue weighted by Crippen LogP contribution is -2.25. The third-order valence-corrected chi connectivity index (χ3v) is 6.44. The van der Waals surface area contributed by atoms with Crippen molar-refractivity contribution in [3.63, 3.8) is 0 Å². The van der Waals surface area contributed by atoms with Gasteiger partial charge in [0.15, 0.2) is 0 Å². The normalized spacial score (nSPS) is 26.3. The molecule has 3 heterocycles. The van der Waals surface area contributed by atoms with Gasteiger partial charge in [0.05, 0.1) is 31.1 Å². The van der Waals surface area contributed by atoms with Crippen molar-refractivity contribution in [3.8, 4) is 0 Å². The molecule has 3 aliphatic rings. The fraction of sp³-hybridized carbons (Fsp3) is 0.429. The largest absolute Gasteiger partial charge is 0.465 e. The molecule has 0 saturated carbocycles. The lowest BCUT2D eigenvalue weighted by atomic mass is 9.86. The molecule has 6 heteroatoms. The Morgan fingerprint density at radius 1 is 1.19 bits per heavy atom. The number of rotatable bonds is 2. The molecule has 2 aliphatic heterocycles. The Morgan fingerprint density at radius 3 is 2.78 bits per heavy atom. The minimum atomic E-state index is -0.485. The van der Waals surface area contributed by atoms with Gasteiger partial charge >= 0.3 is 11.9 Å². The van der Waals surface area contributed by atoms with E-state index in [1.165, 1.54) is 24.7 Å². The van der Waals surface area contributed by atoms with Crippen molar-refractivity contribution in [2.24, 2.45) is 5.92 Å². The summed E-state index contributed by atoms with van der Waals surface area (Å²) < 4.78 is 10.1. The second-order valence-corrected chi connectivity index (χ2v) is 8.02. The highest BCUT2D eigenvalue weighted by atomic mass is 32.1. The summed E-state index contributed by atoms with van der Waals surface area (Å²) in [5.41, 5.74) is 4.03. The number of carbonyl (C=O) groups is 2. The molecule has 1 aliphatic carbocycles. The third-order valence-electron chi connectivity index (χ3n) is 5.54. The first-order valence-corrected chi connectivity index (χ1v) is 10.2. The van der Waals surface area contributed by atoms with Crippen LogP contribution in [-0.4, -0.2) is 44.1 Å². The minimum absolute atomic E-state index is 0.324. The summed E-state index contributed by atoms with van der Waals surface area (Å²) in [6.45, 7) is 1.74. The molecule has 0 bridgehead atoms. The molecule has 0 spiro atoms. The van der Waals surface area contributed by atoms with Crippen LogP contribution < -0.4 is 0 Å². The van der Waals surface area contributed by atoms with Gasteiger partial charge in [0, 0.05) is 23.9 Å². The van der Waals surface area contributed by atoms with Gasteiger partial charge in [-0.3, -0.25) is 0 Å². The van der Waals surface area contributed by atoms with Crippen LogP contribution in [0.2, 0.25) is 0 Å². The maximum Gasteiger partial charge on any atom is 0.340 e. The van der Waals surface area contributed by atoms with E-state index in [0.29, 0.717) is 17.1 Å². The zero-order chi connectivity index (χ0) is 19.0. The number of thiophene rings is 1. The predicted molar refractivity (Wildman–Crippen MR) is 104 cm³/mol. The molecule has 5 nitrogen and oxygen atoms in total. The van der Waals surface area contributed by atoms with E-state index in [1.807, 2.05) is 6.08 Å². The Kier molecular flexibility index (Phi) is 4.91. The number of fused-ring (bicyclic) bond motifs is 4. The number of carbonyl (C=O) groups excluding carboxylic acids is 2. The molecule has 1 atom stereocenters. The molecule has 4 rings (SSSR count). The van der Waals surface area contributed by atoms with E-state index >= 15 is 0 Å². The van der Waals surface area contributed by atoms with E-state index in [2.05, 4.69) is 22.4 Å². The highest BCUT2D eigenvalue weighted by Crippen LogP contribution is 2.44. The third kappa shape index (κ3) is 3.12. The summed E-state index contributed by atoms with van der Waals surface area (Å²) in [5, 5.41) is 2.11. The number of allylic oxidation sites excluding steroid dienone is 2. The quantitative estimate of drug-likeness (QED) is 0.731. The smallest absolute Gasteiger partial charge is 0.340 e. The standard InChI is InChI=1S/C21H23NO4S/c1-25-20(23)15-6-4-3-5-8-22-12-14-10-13-7-9-27-17(13)11-16(14)19(22)18(15)21(24)26-2/h6-7,9,11,14H,3-5,8,10,12H2,1-2H3/b15-6+,19-18+. The predicted octanol–water partition coefficient (Wildman–Crippen LogP) is 3.33. The molecule has 1 aromatic heterocycles. The first kappa shape index (κ1) is 18.0. The van der Waals surface area contributed by atoms with Crippen molar-refractivity contribution in [2.45, 2.75) is 25.7 Å². The average Bonchev–Trinajstić information content (AvgIpc) is 3.28. The van der Waals surface area contributed by atoms with Crippen LogP contribution in [0.25, 0.3) is 6.08 Å². The van der Waals surface area contributed by atoms with Crippen LogP contribution in [0.15, 0.2) is 39.9 Å². The van der Waals surface area contributed by atoms with Gasteiger partial charge in [0.2, 0.25) is 0 Å². The molecule has 1 fully saturated rings. The van der Waals surface area contributed by atoms with Gasteiger partial charge in [-0.25, -0.2) is 9.59 Å². The lowest BCUT2D eigenvalue weighted by molar-refractivity contribution is -0.139. The van der Waals surface area contributed by atoms with Gasteiger partial charge in [-0.05, 0) is 54.3 Å². The number of esters is 2. The Balaban J connectivity index is 1.94. The molecular formula is C21H23NO4S. The van der Waals surface area contributed by atoms with E-state index in [1.54, 1.807) is 11.3 Å². The first-order chi connectivity index (χ1) is 13.1. The molecule has 0 amide bonds. The van der Waals surface area contributed by atoms with Crippen LogP contribution in [-0.2, 0) is 25.5 Å². The van der Waals surface area contributed by atoms with E-state index in [9.17, 15) is 9.59 Å². The van der Waals surface area contributed by atoms with Crippen molar-refractivity contribution in [1.82, 2.24) is 4.90 Å². The fourth-order valence-corrected chi connectivity index (χ4v) is 5.15. The average molecular weight is 385 g/mol. The maximum atomic E-state index is 12.8. The second kappa shape index (κ2) is 7.35. The van der Waals surface area contributed by atoms with Crippen LogP contribution in [0.5, 0.6) is 0 Å². The van der Waals surface area contributed by atoms with Crippen molar-refractivity contribution < 1.29 is 19.1 Å². The maximum absolute atomic E-state index is 12.8. The zero-order valence-electron chi connectivity index (χ0n) is 15.6. The summed E-state index contributed by atoms with van der Waals surface area (Å²) in [7, 11) is 2.71. The van der Waals surface area contributed by atoms with Crippen LogP contribution in [0.3, 0.4) is 0 Å². The van der Waals surface area contributed by atoms with Crippen molar-refractivity contribution in [1.29, 1.82) is 0 Å². The number of hydrogen-bond donors (Lipinski definition) is 0. The highest BCUT2D eigenvalue weighted by Gasteiger charge is 2.40. The van der Waals surface area contributed by atoms with Crippen molar-refractivity contribution >= 4 is 29.4 Å². The highest BCUT2D eigenvalue weighted by molar-refractivity contribution is 7.11. The van der Waals surface area contributed by atoms with Gasteiger partial charge in [0.25, 0.3) is 0 Å². The van der Waals surface area contributed by atoms with Crippen molar-refractivity contribution in [2.75, 3.05) is 27.3 Å². The SMILES string of the molecule is COC(=O)C1=C/CCCCN2CC3Cc4ccsc4C=C3\C2=C\1C(=O)OC. The van der Waals surface area contributed by atoms with Crippen LogP contribution in [0.4, 0.5) is 0 Å². The Labute approximate surface area is 162 Å². The molecular weight excluding hydrogens is 362 g/mol. The van der Waals surface area contributed by atoms with E-state index < -0.39 is 11.9 Å². The fourth-order valence-electron chi connectivity index (χ4n) is 4.27. The number of methoxy groups -OCH3 is 2. The summed E-state index contributed by atoms with van der Waals surface area (Å²) >= 11 is 1.71. The monoisotopic (exact) mass is 385 g/mol.